The van der Waals surface area contributed by atoms with Crippen LogP contribution in [0.4, 0.5) is 0 Å². The summed E-state index contributed by atoms with van der Waals surface area (Å²) in [6.45, 7) is 2.75. The van der Waals surface area contributed by atoms with Crippen LogP contribution in [0.25, 0.3) is 0 Å². The summed E-state index contributed by atoms with van der Waals surface area (Å²) in [7, 11) is 1.75. The van der Waals surface area contributed by atoms with Crippen molar-refractivity contribution in [3.63, 3.8) is 0 Å². The number of nitrogens with zero attached hydrogens (tertiary/aromatic N) is 2. The molecule has 1 rings (SSSR count). The fraction of sp³-hybridized carbons (Fsp3) is 0.467. The molecule has 0 saturated carbocycles. The maximum Gasteiger partial charge on any atom is 0.233 e. The molecular formula is C15H23N3O2. The molecule has 0 aromatic heterocycles. The lowest BCUT2D eigenvalue weighted by Gasteiger charge is -2.23. The number of rotatable bonds is 7. The molecule has 5 nitrogen and oxygen atoms in total. The number of nitrogens with two attached hydrogens (primary N) is 1. The van der Waals surface area contributed by atoms with Crippen molar-refractivity contribution in [1.82, 2.24) is 4.90 Å². The molecule has 0 radical (unpaired) electrons. The fourth-order valence-electron chi connectivity index (χ4n) is 2.01. The summed E-state index contributed by atoms with van der Waals surface area (Å²) in [6.07, 6.45) is 2.40. The molecule has 1 unspecified atom stereocenters. The van der Waals surface area contributed by atoms with Crippen molar-refractivity contribution >= 4 is 11.7 Å². The molecule has 110 valence electrons. The molecular weight excluding hydrogens is 254 g/mol. The molecule has 0 aliphatic rings. The van der Waals surface area contributed by atoms with Crippen LogP contribution in [0.15, 0.2) is 35.5 Å². The Morgan fingerprint density at radius 1 is 1.40 bits per heavy atom. The van der Waals surface area contributed by atoms with Crippen molar-refractivity contribution in [3.05, 3.63) is 35.9 Å². The van der Waals surface area contributed by atoms with Crippen LogP contribution in [0.5, 0.6) is 0 Å². The molecule has 3 N–H and O–H groups in total. The first-order valence-corrected chi connectivity index (χ1v) is 6.86. The second-order valence-corrected chi connectivity index (χ2v) is 4.88. The molecule has 20 heavy (non-hydrogen) atoms. The summed E-state index contributed by atoms with van der Waals surface area (Å²) in [5, 5.41) is 11.9. The molecule has 1 atom stereocenters. The molecule has 1 amide bonds. The van der Waals surface area contributed by atoms with Gasteiger partial charge in [0.15, 0.2) is 5.84 Å². The van der Waals surface area contributed by atoms with Gasteiger partial charge in [-0.2, -0.15) is 0 Å². The van der Waals surface area contributed by atoms with E-state index in [2.05, 4.69) is 12.1 Å². The van der Waals surface area contributed by atoms with Gasteiger partial charge in [0.2, 0.25) is 5.91 Å². The minimum absolute atomic E-state index is 0.0396. The largest absolute Gasteiger partial charge is 0.409 e. The van der Waals surface area contributed by atoms with Gasteiger partial charge in [-0.1, -0.05) is 48.8 Å². The van der Waals surface area contributed by atoms with Crippen LogP contribution in [0.2, 0.25) is 0 Å². The van der Waals surface area contributed by atoms with Crippen molar-refractivity contribution in [3.8, 4) is 0 Å². The first kappa shape index (κ1) is 16.0. The highest BCUT2D eigenvalue weighted by Gasteiger charge is 2.26. The third kappa shape index (κ3) is 4.57. The maximum atomic E-state index is 12.4. The Morgan fingerprint density at radius 3 is 2.60 bits per heavy atom. The van der Waals surface area contributed by atoms with Crippen LogP contribution in [0, 0.1) is 5.92 Å². The van der Waals surface area contributed by atoms with Crippen molar-refractivity contribution in [2.45, 2.75) is 26.2 Å². The van der Waals surface area contributed by atoms with Crippen molar-refractivity contribution in [2.75, 3.05) is 13.6 Å². The Balaban J connectivity index is 2.82. The van der Waals surface area contributed by atoms with E-state index in [4.69, 9.17) is 10.9 Å². The zero-order valence-corrected chi connectivity index (χ0v) is 12.1. The first-order valence-electron chi connectivity index (χ1n) is 6.86. The highest BCUT2D eigenvalue weighted by atomic mass is 16.4. The van der Waals surface area contributed by atoms with Gasteiger partial charge in [-0.3, -0.25) is 4.79 Å². The molecule has 0 fully saturated rings. The number of oxime groups is 1. The van der Waals surface area contributed by atoms with Crippen molar-refractivity contribution in [2.24, 2.45) is 16.8 Å². The third-order valence-electron chi connectivity index (χ3n) is 3.28. The zero-order chi connectivity index (χ0) is 15.0. The smallest absolute Gasteiger partial charge is 0.233 e. The van der Waals surface area contributed by atoms with E-state index in [0.717, 1.165) is 18.4 Å². The molecule has 0 bridgehead atoms. The summed E-state index contributed by atoms with van der Waals surface area (Å²) in [5.74, 6) is -0.774. The minimum atomic E-state index is -0.621. The van der Waals surface area contributed by atoms with Gasteiger partial charge in [-0.25, -0.2) is 0 Å². The minimum Gasteiger partial charge on any atom is -0.409 e. The molecule has 1 aromatic rings. The average Bonchev–Trinajstić information content (AvgIpc) is 2.49. The number of carbonyl (C=O) groups is 1. The Morgan fingerprint density at radius 2 is 2.05 bits per heavy atom. The molecule has 0 saturated heterocycles. The van der Waals surface area contributed by atoms with Gasteiger partial charge in [-0.05, 0) is 18.4 Å². The van der Waals surface area contributed by atoms with Crippen LogP contribution in [0.3, 0.4) is 0 Å². The summed E-state index contributed by atoms with van der Waals surface area (Å²) in [5.41, 5.74) is 6.67. The SMILES string of the molecule is CCCCN(C)C(=O)C(Cc1ccccc1)C(N)=NO. The van der Waals surface area contributed by atoms with Crippen molar-refractivity contribution in [1.29, 1.82) is 0 Å². The van der Waals surface area contributed by atoms with Crippen LogP contribution < -0.4 is 5.73 Å². The van der Waals surface area contributed by atoms with E-state index in [1.807, 2.05) is 30.3 Å². The summed E-state index contributed by atoms with van der Waals surface area (Å²) in [6, 6.07) is 9.58. The quantitative estimate of drug-likeness (QED) is 0.345. The summed E-state index contributed by atoms with van der Waals surface area (Å²) >= 11 is 0. The second kappa shape index (κ2) is 8.19. The lowest BCUT2D eigenvalue weighted by molar-refractivity contribution is -0.132. The van der Waals surface area contributed by atoms with Gasteiger partial charge in [0.1, 0.15) is 5.92 Å². The average molecular weight is 277 g/mol. The normalized spacial score (nSPS) is 13.0. The molecule has 0 aliphatic carbocycles. The van der Waals surface area contributed by atoms with Crippen LogP contribution in [-0.2, 0) is 11.2 Å². The van der Waals surface area contributed by atoms with E-state index in [-0.39, 0.29) is 11.7 Å². The number of hydrogen-bond acceptors (Lipinski definition) is 3. The fourth-order valence-corrected chi connectivity index (χ4v) is 2.01. The Bertz CT molecular complexity index is 446. The van der Waals surface area contributed by atoms with E-state index in [0.29, 0.717) is 13.0 Å². The number of hydrogen-bond donors (Lipinski definition) is 2. The highest BCUT2D eigenvalue weighted by Crippen LogP contribution is 2.12. The van der Waals surface area contributed by atoms with E-state index >= 15 is 0 Å². The lowest BCUT2D eigenvalue weighted by Crippen LogP contribution is -2.41. The number of unbranched alkanes of at least 4 members (excludes halogenated alkanes) is 1. The highest BCUT2D eigenvalue weighted by molar-refractivity contribution is 6.02. The molecule has 0 heterocycles. The third-order valence-corrected chi connectivity index (χ3v) is 3.28. The van der Waals surface area contributed by atoms with E-state index in [9.17, 15) is 4.79 Å². The van der Waals surface area contributed by atoms with Crippen LogP contribution in [-0.4, -0.2) is 35.4 Å². The molecule has 5 heteroatoms. The van der Waals surface area contributed by atoms with Gasteiger partial charge in [-0.15, -0.1) is 0 Å². The van der Waals surface area contributed by atoms with Gasteiger partial charge < -0.3 is 15.8 Å². The Hall–Kier alpha value is -2.04. The second-order valence-electron chi connectivity index (χ2n) is 4.88. The van der Waals surface area contributed by atoms with Gasteiger partial charge in [0.05, 0.1) is 0 Å². The van der Waals surface area contributed by atoms with E-state index in [1.54, 1.807) is 11.9 Å². The van der Waals surface area contributed by atoms with Crippen LogP contribution in [0.1, 0.15) is 25.3 Å². The Labute approximate surface area is 120 Å². The van der Waals surface area contributed by atoms with E-state index in [1.165, 1.54) is 0 Å². The maximum absolute atomic E-state index is 12.4. The Kier molecular flexibility index (Phi) is 6.56. The van der Waals surface area contributed by atoms with E-state index < -0.39 is 5.92 Å². The standard InChI is InChI=1S/C15H23N3O2/c1-3-4-10-18(2)15(19)13(14(16)17-20)11-12-8-6-5-7-9-12/h5-9,13,20H,3-4,10-11H2,1-2H3,(H2,16,17). The first-order chi connectivity index (χ1) is 9.60. The number of amides is 1. The predicted octanol–water partition coefficient (Wildman–Crippen LogP) is 1.85. The summed E-state index contributed by atoms with van der Waals surface area (Å²) < 4.78 is 0. The molecule has 1 aromatic carbocycles. The zero-order valence-electron chi connectivity index (χ0n) is 12.1. The topological polar surface area (TPSA) is 78.9 Å². The predicted molar refractivity (Wildman–Crippen MR) is 79.6 cm³/mol. The van der Waals surface area contributed by atoms with Crippen LogP contribution >= 0.6 is 0 Å². The van der Waals surface area contributed by atoms with Crippen molar-refractivity contribution < 1.29 is 10.0 Å². The monoisotopic (exact) mass is 277 g/mol. The number of benzene rings is 1. The number of carbonyl (C=O) groups excluding carboxylic acids is 1. The molecule has 0 spiro atoms. The molecule has 0 aliphatic heterocycles. The summed E-state index contributed by atoms with van der Waals surface area (Å²) in [4.78, 5) is 14.1. The van der Waals surface area contributed by atoms with Gasteiger partial charge in [0.25, 0.3) is 0 Å². The van der Waals surface area contributed by atoms with Gasteiger partial charge in [0, 0.05) is 13.6 Å². The number of amidine groups is 1. The van der Waals surface area contributed by atoms with Gasteiger partial charge >= 0.3 is 0 Å². The lowest BCUT2D eigenvalue weighted by atomic mass is 9.97.